The first-order valence-corrected chi connectivity index (χ1v) is 11.0. The summed E-state index contributed by atoms with van der Waals surface area (Å²) in [5.74, 6) is 0.194. The van der Waals surface area contributed by atoms with E-state index >= 15 is 0 Å². The number of carbonyl (C=O) groups is 1. The van der Waals surface area contributed by atoms with E-state index in [1.54, 1.807) is 0 Å². The molecule has 0 unspecified atom stereocenters. The minimum absolute atomic E-state index is 0.102. The van der Waals surface area contributed by atoms with Crippen LogP contribution in [0.15, 0.2) is 54.6 Å². The van der Waals surface area contributed by atoms with Crippen LogP contribution in [0.5, 0.6) is 0 Å². The van der Waals surface area contributed by atoms with Crippen LogP contribution in [0.3, 0.4) is 0 Å². The van der Waals surface area contributed by atoms with Crippen LogP contribution >= 0.6 is 0 Å². The molecule has 2 atom stereocenters. The number of halogens is 1. The largest absolute Gasteiger partial charge is 0.371 e. The number of carbonyl (C=O) groups excluding carboxylic acids is 1. The molecular weight excluding hydrogens is 379 g/mol. The maximum absolute atomic E-state index is 13.1. The van der Waals surface area contributed by atoms with Crippen molar-refractivity contribution in [1.29, 1.82) is 0 Å². The molecule has 0 spiro atoms. The van der Waals surface area contributed by atoms with Gasteiger partial charge in [-0.05, 0) is 68.1 Å². The van der Waals surface area contributed by atoms with Gasteiger partial charge in [-0.1, -0.05) is 30.3 Å². The molecule has 2 aromatic rings. The van der Waals surface area contributed by atoms with Gasteiger partial charge in [0.1, 0.15) is 5.82 Å². The third-order valence-electron chi connectivity index (χ3n) is 6.25. The van der Waals surface area contributed by atoms with Crippen LogP contribution in [-0.2, 0) is 0 Å². The van der Waals surface area contributed by atoms with Crippen LogP contribution in [0.25, 0.3) is 0 Å². The van der Waals surface area contributed by atoms with Gasteiger partial charge in [-0.25, -0.2) is 9.18 Å². The molecule has 2 heterocycles. The average molecular weight is 411 g/mol. The highest BCUT2D eigenvalue weighted by Crippen LogP contribution is 2.25. The minimum atomic E-state index is -0.212. The van der Waals surface area contributed by atoms with Crippen molar-refractivity contribution in [2.45, 2.75) is 25.3 Å². The lowest BCUT2D eigenvalue weighted by Gasteiger charge is -2.28. The van der Waals surface area contributed by atoms with E-state index in [2.05, 4.69) is 44.7 Å². The predicted octanol–water partition coefficient (Wildman–Crippen LogP) is 3.79. The molecule has 2 aliphatic rings. The summed E-state index contributed by atoms with van der Waals surface area (Å²) in [6.07, 6.45) is 3.47. The number of hydrogen-bond acceptors (Lipinski definition) is 3. The molecule has 0 aliphatic carbocycles. The molecular formula is C24H31FN4O. The van der Waals surface area contributed by atoms with Gasteiger partial charge in [-0.2, -0.15) is 0 Å². The molecule has 2 fully saturated rings. The first-order chi connectivity index (χ1) is 14.7. The maximum atomic E-state index is 13.1. The lowest BCUT2D eigenvalue weighted by atomic mass is 10.1. The van der Waals surface area contributed by atoms with E-state index in [4.69, 9.17) is 0 Å². The molecule has 6 heteroatoms. The summed E-state index contributed by atoms with van der Waals surface area (Å²) in [5, 5.41) is 6.13. The van der Waals surface area contributed by atoms with E-state index in [0.29, 0.717) is 19.0 Å². The van der Waals surface area contributed by atoms with E-state index in [1.807, 2.05) is 18.2 Å². The SMILES string of the molecule is O=C(NC[C@H]1CCN(c2ccc(F)cc2)C1)NC[C@H](c1ccccc1)N1CCCC1. The Morgan fingerprint density at radius 1 is 1.00 bits per heavy atom. The minimum Gasteiger partial charge on any atom is -0.371 e. The highest BCUT2D eigenvalue weighted by molar-refractivity contribution is 5.73. The number of benzene rings is 2. The van der Waals surface area contributed by atoms with Crippen LogP contribution in [-0.4, -0.2) is 50.2 Å². The predicted molar refractivity (Wildman–Crippen MR) is 118 cm³/mol. The van der Waals surface area contributed by atoms with Crippen molar-refractivity contribution >= 4 is 11.7 Å². The average Bonchev–Trinajstić information content (AvgIpc) is 3.46. The zero-order chi connectivity index (χ0) is 20.8. The molecule has 30 heavy (non-hydrogen) atoms. The van der Waals surface area contributed by atoms with Gasteiger partial charge in [0.25, 0.3) is 0 Å². The zero-order valence-electron chi connectivity index (χ0n) is 17.4. The van der Waals surface area contributed by atoms with Crippen LogP contribution < -0.4 is 15.5 Å². The Kier molecular flexibility index (Phi) is 6.84. The molecule has 2 saturated heterocycles. The number of anilines is 1. The molecule has 0 bridgehead atoms. The number of amides is 2. The highest BCUT2D eigenvalue weighted by Gasteiger charge is 2.25. The fourth-order valence-electron chi connectivity index (χ4n) is 4.56. The first-order valence-electron chi connectivity index (χ1n) is 11.0. The van der Waals surface area contributed by atoms with E-state index in [9.17, 15) is 9.18 Å². The third-order valence-corrected chi connectivity index (χ3v) is 6.25. The Balaban J connectivity index is 1.24. The van der Waals surface area contributed by atoms with Crippen molar-refractivity contribution in [3.63, 3.8) is 0 Å². The molecule has 160 valence electrons. The quantitative estimate of drug-likeness (QED) is 0.730. The van der Waals surface area contributed by atoms with Gasteiger partial charge in [0.05, 0.1) is 6.04 Å². The molecule has 2 aliphatic heterocycles. The number of likely N-dealkylation sites (tertiary alicyclic amines) is 1. The number of rotatable bonds is 7. The zero-order valence-corrected chi connectivity index (χ0v) is 17.4. The third kappa shape index (κ3) is 5.30. The fourth-order valence-corrected chi connectivity index (χ4v) is 4.56. The molecule has 2 N–H and O–H groups in total. The second-order valence-corrected chi connectivity index (χ2v) is 8.34. The fraction of sp³-hybridized carbons (Fsp3) is 0.458. The Morgan fingerprint density at radius 2 is 1.73 bits per heavy atom. The van der Waals surface area contributed by atoms with Crippen LogP contribution in [0.1, 0.15) is 30.9 Å². The summed E-state index contributed by atoms with van der Waals surface area (Å²) in [5.41, 5.74) is 2.30. The van der Waals surface area contributed by atoms with Crippen molar-refractivity contribution < 1.29 is 9.18 Å². The van der Waals surface area contributed by atoms with E-state index < -0.39 is 0 Å². The normalized spacial score (nSPS) is 20.3. The summed E-state index contributed by atoms with van der Waals surface area (Å²) in [6, 6.07) is 17.2. The van der Waals surface area contributed by atoms with Crippen LogP contribution in [0.4, 0.5) is 14.9 Å². The van der Waals surface area contributed by atoms with E-state index in [1.165, 1.54) is 30.5 Å². The lowest BCUT2D eigenvalue weighted by Crippen LogP contribution is -2.43. The molecule has 5 nitrogen and oxygen atoms in total. The Labute approximate surface area is 178 Å². The summed E-state index contributed by atoms with van der Waals surface area (Å²) < 4.78 is 13.1. The Morgan fingerprint density at radius 3 is 2.47 bits per heavy atom. The molecule has 2 amide bonds. The second-order valence-electron chi connectivity index (χ2n) is 8.34. The van der Waals surface area contributed by atoms with Crippen molar-refractivity contribution in [2.24, 2.45) is 5.92 Å². The topological polar surface area (TPSA) is 47.6 Å². The Hall–Kier alpha value is -2.60. The molecule has 4 rings (SSSR count). The smallest absolute Gasteiger partial charge is 0.314 e. The van der Waals surface area contributed by atoms with Gasteiger partial charge in [0.15, 0.2) is 0 Å². The van der Waals surface area contributed by atoms with E-state index in [-0.39, 0.29) is 17.9 Å². The van der Waals surface area contributed by atoms with Crippen molar-refractivity contribution in [3.8, 4) is 0 Å². The number of hydrogen-bond donors (Lipinski definition) is 2. The van der Waals surface area contributed by atoms with Crippen molar-refractivity contribution in [3.05, 3.63) is 66.0 Å². The monoisotopic (exact) mass is 410 g/mol. The first kappa shape index (κ1) is 20.7. The van der Waals surface area contributed by atoms with Crippen molar-refractivity contribution in [1.82, 2.24) is 15.5 Å². The van der Waals surface area contributed by atoms with Gasteiger partial charge < -0.3 is 15.5 Å². The van der Waals surface area contributed by atoms with Crippen LogP contribution in [0.2, 0.25) is 0 Å². The summed E-state index contributed by atoms with van der Waals surface area (Å²) >= 11 is 0. The number of nitrogens with one attached hydrogen (secondary N) is 2. The van der Waals surface area contributed by atoms with Gasteiger partial charge in [0.2, 0.25) is 0 Å². The molecule has 2 aromatic carbocycles. The summed E-state index contributed by atoms with van der Waals surface area (Å²) in [7, 11) is 0. The number of urea groups is 1. The maximum Gasteiger partial charge on any atom is 0.314 e. The molecule has 0 radical (unpaired) electrons. The highest BCUT2D eigenvalue weighted by atomic mass is 19.1. The lowest BCUT2D eigenvalue weighted by molar-refractivity contribution is 0.220. The van der Waals surface area contributed by atoms with Crippen LogP contribution in [0, 0.1) is 11.7 Å². The molecule has 0 aromatic heterocycles. The summed E-state index contributed by atoms with van der Waals surface area (Å²) in [6.45, 7) is 5.26. The van der Waals surface area contributed by atoms with Gasteiger partial charge >= 0.3 is 6.03 Å². The van der Waals surface area contributed by atoms with Gasteiger partial charge in [0, 0.05) is 31.9 Å². The van der Waals surface area contributed by atoms with Crippen molar-refractivity contribution in [2.75, 3.05) is 44.2 Å². The second kappa shape index (κ2) is 9.94. The Bertz CT molecular complexity index is 808. The standard InChI is InChI=1S/C24H31FN4O/c25-21-8-10-22(11-9-21)29-15-12-19(18-29)16-26-24(30)27-17-23(28-13-4-5-14-28)20-6-2-1-3-7-20/h1-3,6-11,19,23H,4-5,12-18H2,(H2,26,27,30)/t19-,23-/m1/s1. The van der Waals surface area contributed by atoms with Gasteiger partial charge in [-0.3, -0.25) is 4.90 Å². The number of nitrogens with zero attached hydrogens (tertiary/aromatic N) is 2. The molecule has 0 saturated carbocycles. The van der Waals surface area contributed by atoms with Gasteiger partial charge in [-0.15, -0.1) is 0 Å². The van der Waals surface area contributed by atoms with E-state index in [0.717, 1.165) is 38.3 Å². The summed E-state index contributed by atoms with van der Waals surface area (Å²) in [4.78, 5) is 17.2.